The zero-order valence-electron chi connectivity index (χ0n) is 10.2. The number of benzene rings is 2. The normalized spacial score (nSPS) is 10.1. The summed E-state index contributed by atoms with van der Waals surface area (Å²) in [6, 6.07) is 15.7. The summed E-state index contributed by atoms with van der Waals surface area (Å²) in [6.45, 7) is 2.59. The predicted molar refractivity (Wildman–Crippen MR) is 76.8 cm³/mol. The number of hydrogen-bond acceptors (Lipinski definition) is 2. The van der Waals surface area contributed by atoms with Gasteiger partial charge in [0.1, 0.15) is 5.75 Å². The van der Waals surface area contributed by atoms with Gasteiger partial charge >= 0.3 is 0 Å². The van der Waals surface area contributed by atoms with E-state index in [0.717, 1.165) is 28.1 Å². The van der Waals surface area contributed by atoms with Crippen LogP contribution in [0.5, 0.6) is 17.2 Å². The Morgan fingerprint density at radius 2 is 1.50 bits per heavy atom. The zero-order chi connectivity index (χ0) is 12.8. The minimum Gasteiger partial charge on any atom is -0.490 e. The van der Waals surface area contributed by atoms with Gasteiger partial charge in [0, 0.05) is 10.9 Å². The maximum absolute atomic E-state index is 5.93. The molecule has 0 atom stereocenters. The first kappa shape index (κ1) is 13.0. The number of rotatable bonds is 5. The van der Waals surface area contributed by atoms with Gasteiger partial charge in [-0.05, 0) is 25.1 Å². The van der Waals surface area contributed by atoms with Gasteiger partial charge in [-0.15, -0.1) is 0 Å². The second-order valence-electron chi connectivity index (χ2n) is 3.72. The molecular weight excluding hydrogens is 292 g/mol. The van der Waals surface area contributed by atoms with Gasteiger partial charge in [0.05, 0.1) is 6.61 Å². The molecule has 0 aromatic heterocycles. The van der Waals surface area contributed by atoms with Crippen LogP contribution in [0.25, 0.3) is 0 Å². The van der Waals surface area contributed by atoms with Crippen LogP contribution in [0.2, 0.25) is 0 Å². The van der Waals surface area contributed by atoms with Crippen LogP contribution >= 0.6 is 15.9 Å². The Balaban J connectivity index is 2.28. The van der Waals surface area contributed by atoms with Crippen molar-refractivity contribution in [2.75, 3.05) is 6.61 Å². The average molecular weight is 307 g/mol. The fraction of sp³-hybridized carbons (Fsp3) is 0.200. The molecule has 0 saturated carbocycles. The Bertz CT molecular complexity index is 511. The molecule has 2 aromatic carbocycles. The summed E-state index contributed by atoms with van der Waals surface area (Å²) < 4.78 is 11.5. The van der Waals surface area contributed by atoms with E-state index in [1.54, 1.807) is 0 Å². The van der Waals surface area contributed by atoms with Crippen molar-refractivity contribution in [2.45, 2.75) is 12.3 Å². The number of ether oxygens (including phenoxy) is 2. The molecule has 2 nitrogen and oxygen atoms in total. The van der Waals surface area contributed by atoms with Crippen molar-refractivity contribution >= 4 is 15.9 Å². The summed E-state index contributed by atoms with van der Waals surface area (Å²) in [5.41, 5.74) is 1.11. The minimum atomic E-state index is 0.625. The molecule has 0 aliphatic rings. The lowest BCUT2D eigenvalue weighted by atomic mass is 10.2. The van der Waals surface area contributed by atoms with E-state index in [4.69, 9.17) is 9.47 Å². The van der Waals surface area contributed by atoms with Crippen molar-refractivity contribution < 1.29 is 9.47 Å². The standard InChI is InChI=1S/C15H15BrO2/c1-2-17-14-9-5-6-10-15(14)18-13-8-4-3-7-12(13)11-16/h3-10H,2,11H2,1H3. The molecular formula is C15H15BrO2. The largest absolute Gasteiger partial charge is 0.490 e. The molecule has 0 saturated heterocycles. The molecule has 0 N–H and O–H groups in total. The molecule has 0 aliphatic carbocycles. The zero-order valence-corrected chi connectivity index (χ0v) is 11.8. The van der Waals surface area contributed by atoms with Crippen molar-refractivity contribution in [1.29, 1.82) is 0 Å². The fourth-order valence-electron chi connectivity index (χ4n) is 1.64. The Labute approximate surface area is 116 Å². The van der Waals surface area contributed by atoms with Gasteiger partial charge in [0.25, 0.3) is 0 Å². The molecule has 94 valence electrons. The molecule has 0 aliphatic heterocycles. The molecule has 0 amide bonds. The molecule has 0 spiro atoms. The van der Waals surface area contributed by atoms with E-state index in [9.17, 15) is 0 Å². The van der Waals surface area contributed by atoms with Crippen molar-refractivity contribution in [1.82, 2.24) is 0 Å². The van der Waals surface area contributed by atoms with E-state index in [1.807, 2.05) is 55.5 Å². The van der Waals surface area contributed by atoms with Crippen molar-refractivity contribution in [3.05, 3.63) is 54.1 Å². The van der Waals surface area contributed by atoms with Gasteiger partial charge in [-0.25, -0.2) is 0 Å². The van der Waals surface area contributed by atoms with E-state index in [-0.39, 0.29) is 0 Å². The molecule has 0 heterocycles. The van der Waals surface area contributed by atoms with Gasteiger partial charge in [0.15, 0.2) is 11.5 Å². The van der Waals surface area contributed by atoms with E-state index in [1.165, 1.54) is 0 Å². The lowest BCUT2D eigenvalue weighted by Gasteiger charge is -2.13. The quantitative estimate of drug-likeness (QED) is 0.741. The highest BCUT2D eigenvalue weighted by atomic mass is 79.9. The third-order valence-corrected chi connectivity index (χ3v) is 3.09. The van der Waals surface area contributed by atoms with E-state index in [2.05, 4.69) is 15.9 Å². The Morgan fingerprint density at radius 3 is 2.17 bits per heavy atom. The first-order valence-corrected chi connectivity index (χ1v) is 7.01. The maximum atomic E-state index is 5.93. The lowest BCUT2D eigenvalue weighted by molar-refractivity contribution is 0.321. The van der Waals surface area contributed by atoms with Crippen LogP contribution in [-0.2, 0) is 5.33 Å². The van der Waals surface area contributed by atoms with Crippen LogP contribution in [0.4, 0.5) is 0 Å². The van der Waals surface area contributed by atoms with E-state index < -0.39 is 0 Å². The smallest absolute Gasteiger partial charge is 0.169 e. The van der Waals surface area contributed by atoms with Gasteiger partial charge in [-0.1, -0.05) is 46.3 Å². The number of para-hydroxylation sites is 3. The molecule has 0 unspecified atom stereocenters. The Kier molecular flexibility index (Phi) is 4.65. The molecule has 0 radical (unpaired) electrons. The van der Waals surface area contributed by atoms with Crippen LogP contribution in [-0.4, -0.2) is 6.61 Å². The van der Waals surface area contributed by atoms with Gasteiger partial charge < -0.3 is 9.47 Å². The average Bonchev–Trinajstić information content (AvgIpc) is 2.42. The van der Waals surface area contributed by atoms with E-state index in [0.29, 0.717) is 6.61 Å². The summed E-state index contributed by atoms with van der Waals surface area (Å²) in [5, 5.41) is 0.764. The molecule has 0 fully saturated rings. The van der Waals surface area contributed by atoms with Crippen molar-refractivity contribution in [2.24, 2.45) is 0 Å². The minimum absolute atomic E-state index is 0.625. The van der Waals surface area contributed by atoms with Crippen LogP contribution < -0.4 is 9.47 Å². The highest BCUT2D eigenvalue weighted by Gasteiger charge is 2.07. The molecule has 2 aromatic rings. The Morgan fingerprint density at radius 1 is 0.889 bits per heavy atom. The highest BCUT2D eigenvalue weighted by Crippen LogP contribution is 2.33. The van der Waals surface area contributed by atoms with E-state index >= 15 is 0 Å². The van der Waals surface area contributed by atoms with Gasteiger partial charge in [-0.2, -0.15) is 0 Å². The molecule has 3 heteroatoms. The molecule has 18 heavy (non-hydrogen) atoms. The molecule has 0 bridgehead atoms. The SMILES string of the molecule is CCOc1ccccc1Oc1ccccc1CBr. The third kappa shape index (κ3) is 3.05. The summed E-state index contributed by atoms with van der Waals surface area (Å²) in [4.78, 5) is 0. The van der Waals surface area contributed by atoms with Crippen molar-refractivity contribution in [3.8, 4) is 17.2 Å². The second kappa shape index (κ2) is 6.45. The van der Waals surface area contributed by atoms with Crippen LogP contribution in [0, 0.1) is 0 Å². The van der Waals surface area contributed by atoms with Gasteiger partial charge in [-0.3, -0.25) is 0 Å². The maximum Gasteiger partial charge on any atom is 0.169 e. The first-order chi connectivity index (χ1) is 8.85. The number of halogens is 1. The molecule has 2 rings (SSSR count). The summed E-state index contributed by atoms with van der Waals surface area (Å²) in [5.74, 6) is 2.36. The predicted octanol–water partition coefficient (Wildman–Crippen LogP) is 4.77. The van der Waals surface area contributed by atoms with Crippen molar-refractivity contribution in [3.63, 3.8) is 0 Å². The first-order valence-electron chi connectivity index (χ1n) is 5.88. The third-order valence-electron chi connectivity index (χ3n) is 2.49. The fourth-order valence-corrected chi connectivity index (χ4v) is 2.10. The van der Waals surface area contributed by atoms with Crippen LogP contribution in [0.1, 0.15) is 12.5 Å². The monoisotopic (exact) mass is 306 g/mol. The van der Waals surface area contributed by atoms with Gasteiger partial charge in [0.2, 0.25) is 0 Å². The Hall–Kier alpha value is -1.48. The summed E-state index contributed by atoms with van der Waals surface area (Å²) in [7, 11) is 0. The number of hydrogen-bond donors (Lipinski definition) is 0. The second-order valence-corrected chi connectivity index (χ2v) is 4.28. The van der Waals surface area contributed by atoms with Crippen LogP contribution in [0.15, 0.2) is 48.5 Å². The lowest BCUT2D eigenvalue weighted by Crippen LogP contribution is -1.95. The summed E-state index contributed by atoms with van der Waals surface area (Å²) >= 11 is 3.46. The summed E-state index contributed by atoms with van der Waals surface area (Å²) in [6.07, 6.45) is 0. The topological polar surface area (TPSA) is 18.5 Å². The highest BCUT2D eigenvalue weighted by molar-refractivity contribution is 9.08. The number of alkyl halides is 1. The van der Waals surface area contributed by atoms with Crippen LogP contribution in [0.3, 0.4) is 0 Å².